The average molecular weight is 737 g/mol. The summed E-state index contributed by atoms with van der Waals surface area (Å²) in [4.78, 5) is 4.62. The first kappa shape index (κ1) is 34.0. The smallest absolute Gasteiger partial charge is 0.160 e. The van der Waals surface area contributed by atoms with Crippen molar-refractivity contribution >= 4 is 105 Å². The molecule has 0 unspecified atom stereocenters. The minimum absolute atomic E-state index is 0.821. The first-order chi connectivity index (χ1) is 26.0. The van der Waals surface area contributed by atoms with Gasteiger partial charge in [-0.05, 0) is 66.7 Å². The molecule has 0 amide bonds. The molecule has 0 N–H and O–H groups in total. The molecular formula is C48H44N2O2Si2. The Morgan fingerprint density at radius 1 is 0.370 bits per heavy atom. The predicted molar refractivity (Wildman–Crippen MR) is 236 cm³/mol. The molecule has 0 aliphatic rings. The van der Waals surface area contributed by atoms with Crippen molar-refractivity contribution in [1.29, 1.82) is 0 Å². The number of hydrogen-bond acceptors (Lipinski definition) is 4. The monoisotopic (exact) mass is 736 g/mol. The van der Waals surface area contributed by atoms with Gasteiger partial charge < -0.3 is 18.6 Å². The van der Waals surface area contributed by atoms with Gasteiger partial charge in [0.05, 0.1) is 21.8 Å². The molecule has 0 radical (unpaired) electrons. The van der Waals surface area contributed by atoms with Crippen LogP contribution in [0.2, 0.25) is 39.3 Å². The number of furan rings is 2. The Morgan fingerprint density at radius 3 is 1.44 bits per heavy atom. The molecule has 0 spiro atoms. The second kappa shape index (κ2) is 12.9. The maximum Gasteiger partial charge on any atom is 0.160 e. The molecule has 2 aromatic heterocycles. The zero-order valence-corrected chi connectivity index (χ0v) is 33.7. The largest absolute Gasteiger partial charge is 0.456 e. The quantitative estimate of drug-likeness (QED) is 0.145. The van der Waals surface area contributed by atoms with E-state index >= 15 is 0 Å². The van der Waals surface area contributed by atoms with Gasteiger partial charge in [0.1, 0.15) is 16.7 Å². The second-order valence-corrected chi connectivity index (χ2v) is 26.4. The van der Waals surface area contributed by atoms with Crippen LogP contribution in [0.4, 0.5) is 34.1 Å². The fourth-order valence-electron chi connectivity index (χ4n) is 7.68. The summed E-state index contributed by atoms with van der Waals surface area (Å²) in [5.74, 6) is 0. The summed E-state index contributed by atoms with van der Waals surface area (Å²) >= 11 is 0. The molecule has 6 heteroatoms. The Bertz CT molecular complexity index is 2780. The minimum atomic E-state index is -1.49. The Morgan fingerprint density at radius 2 is 0.852 bits per heavy atom. The molecular weight excluding hydrogens is 693 g/mol. The molecule has 7 aromatic carbocycles. The molecule has 0 saturated heterocycles. The van der Waals surface area contributed by atoms with E-state index in [9.17, 15) is 0 Å². The maximum absolute atomic E-state index is 6.95. The van der Waals surface area contributed by atoms with Crippen LogP contribution in [0.15, 0.2) is 167 Å². The topological polar surface area (TPSA) is 32.8 Å². The van der Waals surface area contributed by atoms with E-state index < -0.39 is 16.1 Å². The lowest BCUT2D eigenvalue weighted by Crippen LogP contribution is -2.37. The van der Waals surface area contributed by atoms with Gasteiger partial charge in [0, 0.05) is 62.1 Å². The van der Waals surface area contributed by atoms with Crippen molar-refractivity contribution in [2.75, 3.05) is 9.80 Å². The highest BCUT2D eigenvalue weighted by molar-refractivity contribution is 6.89. The van der Waals surface area contributed by atoms with E-state index in [0.29, 0.717) is 0 Å². The van der Waals surface area contributed by atoms with Crippen molar-refractivity contribution in [3.63, 3.8) is 0 Å². The summed E-state index contributed by atoms with van der Waals surface area (Å²) in [6, 6.07) is 56.5. The first-order valence-corrected chi connectivity index (χ1v) is 25.8. The zero-order valence-electron chi connectivity index (χ0n) is 31.7. The Kier molecular flexibility index (Phi) is 8.14. The van der Waals surface area contributed by atoms with Gasteiger partial charge in [-0.15, -0.1) is 0 Å². The summed E-state index contributed by atoms with van der Waals surface area (Å²) in [5.41, 5.74) is 9.65. The molecule has 54 heavy (non-hydrogen) atoms. The van der Waals surface area contributed by atoms with Gasteiger partial charge in [-0.3, -0.25) is 0 Å². The van der Waals surface area contributed by atoms with Crippen LogP contribution in [0, 0.1) is 0 Å². The van der Waals surface area contributed by atoms with Crippen LogP contribution in [0.25, 0.3) is 43.9 Å². The van der Waals surface area contributed by atoms with Crippen molar-refractivity contribution in [3.05, 3.63) is 158 Å². The third-order valence-corrected chi connectivity index (χ3v) is 14.7. The van der Waals surface area contributed by atoms with Gasteiger partial charge in [0.15, 0.2) is 5.58 Å². The number of rotatable bonds is 8. The molecule has 0 atom stereocenters. The highest BCUT2D eigenvalue weighted by Crippen LogP contribution is 2.48. The van der Waals surface area contributed by atoms with Crippen molar-refractivity contribution < 1.29 is 8.83 Å². The summed E-state index contributed by atoms with van der Waals surface area (Å²) in [7, 11) is -2.94. The molecule has 0 aliphatic heterocycles. The molecule has 9 rings (SSSR count). The fourth-order valence-corrected chi connectivity index (χ4v) is 10.0. The van der Waals surface area contributed by atoms with E-state index in [2.05, 4.69) is 201 Å². The van der Waals surface area contributed by atoms with Gasteiger partial charge in [-0.1, -0.05) is 129 Å². The van der Waals surface area contributed by atoms with Crippen molar-refractivity contribution in [1.82, 2.24) is 0 Å². The van der Waals surface area contributed by atoms with Crippen LogP contribution >= 0.6 is 0 Å². The molecule has 0 aliphatic carbocycles. The molecule has 4 nitrogen and oxygen atoms in total. The van der Waals surface area contributed by atoms with E-state index in [-0.39, 0.29) is 0 Å². The first-order valence-electron chi connectivity index (χ1n) is 18.8. The van der Waals surface area contributed by atoms with E-state index in [0.717, 1.165) is 78.0 Å². The lowest BCUT2D eigenvalue weighted by molar-refractivity contribution is 0.663. The minimum Gasteiger partial charge on any atom is -0.456 e. The summed E-state index contributed by atoms with van der Waals surface area (Å²) in [6.07, 6.45) is 0. The fraction of sp³-hybridized carbons (Fsp3) is 0.125. The molecule has 0 saturated carbocycles. The van der Waals surface area contributed by atoms with Gasteiger partial charge in [-0.25, -0.2) is 0 Å². The molecule has 0 bridgehead atoms. The molecule has 266 valence electrons. The van der Waals surface area contributed by atoms with Gasteiger partial charge in [0.2, 0.25) is 0 Å². The van der Waals surface area contributed by atoms with E-state index in [1.807, 2.05) is 6.07 Å². The van der Waals surface area contributed by atoms with Crippen LogP contribution < -0.4 is 20.2 Å². The summed E-state index contributed by atoms with van der Waals surface area (Å²) < 4.78 is 13.8. The SMILES string of the molecule is C[Si](C)(C)c1ccc(N(c2ccccc2)c2ccc3c(c2)oc2cc(N(c4ccccc4)c4ccc([Si](C)(C)C)cc4)c4oc5ccccc5c4c23)cc1. The highest BCUT2D eigenvalue weighted by Gasteiger charge is 2.26. The molecule has 9 aromatic rings. The van der Waals surface area contributed by atoms with Gasteiger partial charge in [0.25, 0.3) is 0 Å². The van der Waals surface area contributed by atoms with Gasteiger partial charge >= 0.3 is 0 Å². The average Bonchev–Trinajstić information content (AvgIpc) is 3.74. The number of nitrogens with zero attached hydrogens (tertiary/aromatic N) is 2. The Labute approximate surface area is 318 Å². The van der Waals surface area contributed by atoms with E-state index in [4.69, 9.17) is 8.83 Å². The molecule has 2 heterocycles. The number of para-hydroxylation sites is 3. The van der Waals surface area contributed by atoms with Crippen LogP contribution in [-0.4, -0.2) is 16.1 Å². The number of hydrogen-bond donors (Lipinski definition) is 0. The standard InChI is InChI=1S/C48H44N2O2Si2/c1-53(2,3)38-26-21-35(22-27-38)49(33-15-9-7-10-16-33)37-25-30-41-44(31-37)51-45-32-42(48-47(46(41)45)40-19-13-14-20-43(40)52-48)50(34-17-11-8-12-18-34)36-23-28-39(29-24-36)54(4,5)6/h7-32H,1-6H3. The maximum atomic E-state index is 6.95. The highest BCUT2D eigenvalue weighted by atomic mass is 28.3. The van der Waals surface area contributed by atoms with E-state index in [1.54, 1.807) is 0 Å². The predicted octanol–water partition coefficient (Wildman–Crippen LogP) is 13.5. The zero-order chi connectivity index (χ0) is 37.2. The van der Waals surface area contributed by atoms with Crippen molar-refractivity contribution in [2.24, 2.45) is 0 Å². The number of benzene rings is 7. The van der Waals surface area contributed by atoms with Crippen molar-refractivity contribution in [2.45, 2.75) is 39.3 Å². The second-order valence-electron chi connectivity index (χ2n) is 16.3. The Hall–Kier alpha value is -5.83. The Balaban J connectivity index is 1.28. The lowest BCUT2D eigenvalue weighted by atomic mass is 10.0. The third kappa shape index (κ3) is 5.92. The lowest BCUT2D eigenvalue weighted by Gasteiger charge is -2.26. The van der Waals surface area contributed by atoms with Crippen molar-refractivity contribution in [3.8, 4) is 0 Å². The summed E-state index contributed by atoms with van der Waals surface area (Å²) in [5, 5.41) is 7.12. The van der Waals surface area contributed by atoms with Crippen LogP contribution in [-0.2, 0) is 0 Å². The summed E-state index contributed by atoms with van der Waals surface area (Å²) in [6.45, 7) is 14.3. The van der Waals surface area contributed by atoms with E-state index in [1.165, 1.54) is 10.4 Å². The van der Waals surface area contributed by atoms with Crippen LogP contribution in [0.1, 0.15) is 0 Å². The van der Waals surface area contributed by atoms with Gasteiger partial charge in [-0.2, -0.15) is 0 Å². The normalized spacial score (nSPS) is 12.3. The third-order valence-electron chi connectivity index (χ3n) is 10.6. The van der Waals surface area contributed by atoms with Crippen LogP contribution in [0.3, 0.4) is 0 Å². The number of fused-ring (bicyclic) bond motifs is 7. The molecule has 0 fully saturated rings. The number of anilines is 6. The van der Waals surface area contributed by atoms with Crippen LogP contribution in [0.5, 0.6) is 0 Å².